The summed E-state index contributed by atoms with van der Waals surface area (Å²) in [5.41, 5.74) is 11.6. The van der Waals surface area contributed by atoms with E-state index in [9.17, 15) is 19.8 Å². The average molecular weight is 799 g/mol. The van der Waals surface area contributed by atoms with Crippen LogP contribution in [0.15, 0.2) is 65.7 Å². The van der Waals surface area contributed by atoms with Gasteiger partial charge in [-0.3, -0.25) is 14.4 Å². The van der Waals surface area contributed by atoms with Crippen LogP contribution in [0.1, 0.15) is 68.9 Å². The lowest BCUT2D eigenvalue weighted by Crippen LogP contribution is -2.43. The number of nitrogens with one attached hydrogen (secondary N) is 1. The number of carbonyl (C=O) groups is 2. The Labute approximate surface area is 345 Å². The normalized spacial score (nSPS) is 24.5. The first kappa shape index (κ1) is 44.8. The van der Waals surface area contributed by atoms with Crippen molar-refractivity contribution in [2.75, 3.05) is 59.1 Å². The van der Waals surface area contributed by atoms with E-state index < -0.39 is 30.1 Å². The van der Waals surface area contributed by atoms with Crippen LogP contribution < -0.4 is 20.7 Å². The van der Waals surface area contributed by atoms with Crippen LogP contribution in [-0.2, 0) is 22.6 Å². The number of aliphatic imine (C=N–C) groups is 1. The number of rotatable bonds is 15. The Hall–Kier alpha value is -4.33. The van der Waals surface area contributed by atoms with Gasteiger partial charge in [0.05, 0.1) is 26.4 Å². The van der Waals surface area contributed by atoms with Crippen molar-refractivity contribution >= 4 is 29.4 Å². The Kier molecular flexibility index (Phi) is 14.8. The largest absolute Gasteiger partial charge is 0.496 e. The molecule has 0 radical (unpaired) electrons. The molecule has 1 aliphatic carbocycles. The minimum absolute atomic E-state index is 0.116. The summed E-state index contributed by atoms with van der Waals surface area (Å²) >= 11 is 0. The van der Waals surface area contributed by atoms with Gasteiger partial charge in [0.1, 0.15) is 17.9 Å². The van der Waals surface area contributed by atoms with Crippen LogP contribution in [0, 0.1) is 29.1 Å². The fraction of sp³-hybridized carbons (Fsp3) is 0.543. The lowest BCUT2D eigenvalue weighted by molar-refractivity contribution is -0.180. The number of ether oxygens (including phenoxy) is 1. The molecule has 0 aromatic heterocycles. The van der Waals surface area contributed by atoms with Crippen LogP contribution in [0.4, 0.5) is 11.4 Å². The standard InChI is InChI=1S/C46H66N6O6/c1-28-23-46(4,5)29(2)17-35(28)24-48-45(56)42-41(30(3)54)40(27-53)58-52(42)25-32-14-12-16-39(43(32)57-10)33-20-34(22-38(21-33)51(8)9)44(55)49-37(26-50(6)7)19-31-13-11-15-36(47)18-31/h11-16,18,20-22,24,28-30,35,37,40-42,53-54H,17,19,23,25-27,47H2,1-10H3,(H,49,55)/t28-,29+,30-,35?,37?,40-,41?,42-/m0/s1. The van der Waals surface area contributed by atoms with Gasteiger partial charge in [0.2, 0.25) is 0 Å². The second-order valence-electron chi connectivity index (χ2n) is 17.8. The maximum atomic E-state index is 14.1. The van der Waals surface area contributed by atoms with Crippen molar-refractivity contribution in [1.82, 2.24) is 15.3 Å². The molecule has 12 heteroatoms. The van der Waals surface area contributed by atoms with Crippen LogP contribution >= 0.6 is 0 Å². The summed E-state index contributed by atoms with van der Waals surface area (Å²) in [5.74, 6) is 0.221. The van der Waals surface area contributed by atoms with Crippen molar-refractivity contribution in [2.24, 2.45) is 34.1 Å². The predicted octanol–water partition coefficient (Wildman–Crippen LogP) is 5.69. The predicted molar refractivity (Wildman–Crippen MR) is 232 cm³/mol. The third-order valence-electron chi connectivity index (χ3n) is 12.3. The third kappa shape index (κ3) is 10.6. The summed E-state index contributed by atoms with van der Waals surface area (Å²) in [7, 11) is 9.41. The van der Waals surface area contributed by atoms with Gasteiger partial charge >= 0.3 is 0 Å². The van der Waals surface area contributed by atoms with E-state index in [-0.39, 0.29) is 36.4 Å². The van der Waals surface area contributed by atoms with Crippen LogP contribution in [-0.4, -0.2) is 111 Å². The number of amides is 2. The van der Waals surface area contributed by atoms with Gasteiger partial charge in [-0.05, 0) is 105 Å². The number of carbonyl (C=O) groups excluding carboxylic acids is 2. The van der Waals surface area contributed by atoms with E-state index in [0.717, 1.165) is 40.8 Å². The summed E-state index contributed by atoms with van der Waals surface area (Å²) in [5, 5.41) is 26.1. The Morgan fingerprint density at radius 2 is 1.83 bits per heavy atom. The molecule has 1 heterocycles. The first-order valence-electron chi connectivity index (χ1n) is 20.5. The van der Waals surface area contributed by atoms with E-state index >= 15 is 0 Å². The second-order valence-corrected chi connectivity index (χ2v) is 17.8. The molecule has 8 atom stereocenters. The van der Waals surface area contributed by atoms with E-state index in [0.29, 0.717) is 41.8 Å². The lowest BCUT2D eigenvalue weighted by Gasteiger charge is -2.43. The van der Waals surface area contributed by atoms with Gasteiger partial charge in [-0.1, -0.05) is 58.0 Å². The number of hydroxylamine groups is 2. The Bertz CT molecular complexity index is 1910. The van der Waals surface area contributed by atoms with Crippen molar-refractivity contribution in [2.45, 2.75) is 84.7 Å². The van der Waals surface area contributed by atoms with Crippen LogP contribution in [0.2, 0.25) is 0 Å². The average Bonchev–Trinajstić information content (AvgIpc) is 3.53. The summed E-state index contributed by atoms with van der Waals surface area (Å²) in [6.07, 6.45) is 2.65. The molecule has 12 nitrogen and oxygen atoms in total. The molecule has 0 bridgehead atoms. The van der Waals surface area contributed by atoms with Crippen LogP contribution in [0.25, 0.3) is 11.1 Å². The van der Waals surface area contributed by atoms with Gasteiger partial charge in [-0.2, -0.15) is 5.06 Å². The number of aliphatic hydroxyl groups is 2. The Balaban J connectivity index is 1.45. The summed E-state index contributed by atoms with van der Waals surface area (Å²) < 4.78 is 6.09. The highest BCUT2D eigenvalue weighted by Gasteiger charge is 2.49. The number of nitrogens with zero attached hydrogens (tertiary/aromatic N) is 4. The molecule has 3 aromatic carbocycles. The van der Waals surface area contributed by atoms with E-state index in [4.69, 9.17) is 15.3 Å². The molecule has 2 fully saturated rings. The highest BCUT2D eigenvalue weighted by atomic mass is 16.7. The summed E-state index contributed by atoms with van der Waals surface area (Å²) in [4.78, 5) is 42.9. The van der Waals surface area contributed by atoms with Crippen molar-refractivity contribution in [3.8, 4) is 16.9 Å². The molecule has 2 aliphatic rings. The van der Waals surface area contributed by atoms with E-state index in [1.807, 2.05) is 98.7 Å². The molecule has 1 saturated carbocycles. The second kappa shape index (κ2) is 19.2. The smallest absolute Gasteiger partial charge is 0.265 e. The first-order valence-corrected chi connectivity index (χ1v) is 20.5. The number of methoxy groups -OCH3 is 1. The molecule has 1 saturated heterocycles. The molecule has 5 N–H and O–H groups in total. The maximum absolute atomic E-state index is 14.1. The highest BCUT2D eigenvalue weighted by Crippen LogP contribution is 2.45. The molecular weight excluding hydrogens is 733 g/mol. The number of hydrogen-bond donors (Lipinski definition) is 4. The Morgan fingerprint density at radius 1 is 1.10 bits per heavy atom. The number of hydrogen-bond acceptors (Lipinski definition) is 10. The molecule has 3 aromatic rings. The first-order chi connectivity index (χ1) is 27.4. The number of anilines is 2. The minimum Gasteiger partial charge on any atom is -0.496 e. The van der Waals surface area contributed by atoms with E-state index in [1.165, 1.54) is 5.06 Å². The van der Waals surface area contributed by atoms with Crippen LogP contribution in [0.5, 0.6) is 5.75 Å². The topological polar surface area (TPSA) is 153 Å². The number of aliphatic hydroxyl groups excluding tert-OH is 2. The van der Waals surface area contributed by atoms with Gasteiger partial charge in [-0.15, -0.1) is 0 Å². The molecule has 5 rings (SSSR count). The number of benzene rings is 3. The zero-order valence-corrected chi connectivity index (χ0v) is 36.1. The highest BCUT2D eigenvalue weighted by molar-refractivity contribution is 5.97. The molecular formula is C46H66N6O6. The van der Waals surface area contributed by atoms with Gasteiger partial charge < -0.3 is 35.8 Å². The quantitative estimate of drug-likeness (QED) is 0.111. The molecule has 2 amide bonds. The van der Waals surface area contributed by atoms with Crippen molar-refractivity contribution in [3.63, 3.8) is 0 Å². The van der Waals surface area contributed by atoms with Crippen molar-refractivity contribution in [3.05, 3.63) is 77.4 Å². The monoisotopic (exact) mass is 799 g/mol. The Morgan fingerprint density at radius 3 is 2.47 bits per heavy atom. The van der Waals surface area contributed by atoms with E-state index in [1.54, 1.807) is 20.2 Å². The lowest BCUT2D eigenvalue weighted by atomic mass is 9.62. The zero-order valence-electron chi connectivity index (χ0n) is 36.1. The number of nitrogen functional groups attached to an aromatic ring is 1. The number of likely N-dealkylation sites (N-methyl/N-ethyl adjacent to an activating group) is 1. The van der Waals surface area contributed by atoms with Crippen LogP contribution in [0.3, 0.4) is 0 Å². The minimum atomic E-state index is -0.949. The van der Waals surface area contributed by atoms with Gasteiger partial charge in [0.25, 0.3) is 11.8 Å². The van der Waals surface area contributed by atoms with E-state index in [2.05, 4.69) is 38.0 Å². The third-order valence-corrected chi connectivity index (χ3v) is 12.3. The molecule has 3 unspecified atom stereocenters. The van der Waals surface area contributed by atoms with Gasteiger partial charge in [0, 0.05) is 66.9 Å². The molecule has 1 aliphatic heterocycles. The summed E-state index contributed by atoms with van der Waals surface area (Å²) in [6, 6.07) is 18.1. The zero-order chi connectivity index (χ0) is 42.5. The van der Waals surface area contributed by atoms with Crippen molar-refractivity contribution < 1.29 is 29.4 Å². The fourth-order valence-corrected chi connectivity index (χ4v) is 8.83. The number of nitrogens with two attached hydrogens (primary N) is 1. The fourth-order valence-electron chi connectivity index (χ4n) is 8.83. The maximum Gasteiger partial charge on any atom is 0.265 e. The van der Waals surface area contributed by atoms with Gasteiger partial charge in [-0.25, -0.2) is 4.99 Å². The molecule has 316 valence electrons. The SMILES string of the molecule is COc1c(CN2O[C@@H](CO)C([C@H](C)O)[C@H]2C(=O)N=CC2C[C@@H](C)C(C)(C)C[C@@H]2C)cccc1-c1cc(C(=O)NC(Cc2cccc(N)c2)CN(C)C)cc(N(C)C)c1. The summed E-state index contributed by atoms with van der Waals surface area (Å²) in [6.45, 7) is 11.1. The number of para-hydroxylation sites is 1. The molecule has 58 heavy (non-hydrogen) atoms. The van der Waals surface area contributed by atoms with Gasteiger partial charge in [0.15, 0.2) is 0 Å². The molecule has 0 spiro atoms. The van der Waals surface area contributed by atoms with Crippen molar-refractivity contribution in [1.29, 1.82) is 0 Å².